The number of nitrogens with one attached hydrogen (secondary N) is 2. The van der Waals surface area contributed by atoms with E-state index in [0.29, 0.717) is 17.4 Å². The van der Waals surface area contributed by atoms with Gasteiger partial charge in [-0.05, 0) is 69.9 Å². The molecule has 2 rings (SSSR count). The van der Waals surface area contributed by atoms with Gasteiger partial charge in [0.15, 0.2) is 5.13 Å². The number of alkyl halides is 3. The van der Waals surface area contributed by atoms with E-state index in [0.717, 1.165) is 54.9 Å². The largest absolute Gasteiger partial charge is 0.416 e. The number of halogens is 3. The number of unbranched alkanes of at least 4 members (excludes halogenated alkanes) is 1. The second-order valence-corrected chi connectivity index (χ2v) is 9.17. The predicted molar refractivity (Wildman–Crippen MR) is 140 cm³/mol. The lowest BCUT2D eigenvalue weighted by Crippen LogP contribution is -2.27. The Labute approximate surface area is 214 Å². The van der Waals surface area contributed by atoms with Crippen molar-refractivity contribution in [3.63, 3.8) is 0 Å². The fourth-order valence-corrected chi connectivity index (χ4v) is 3.96. The lowest BCUT2D eigenvalue weighted by molar-refractivity contribution is -0.137. The number of carbonyl (C=O) groups is 1. The highest BCUT2D eigenvalue weighted by molar-refractivity contribution is 7.15. The van der Waals surface area contributed by atoms with Crippen LogP contribution in [0.1, 0.15) is 62.9 Å². The highest BCUT2D eigenvalue weighted by atomic mass is 32.1. The SMILES string of the molecule is C=C(/C=C(\N=CC)C(=O)NC(C)c1cnc(Nc2ccc(C(F)(F)F)cc2)s1)CCCCOCCC. The van der Waals surface area contributed by atoms with Gasteiger partial charge in [-0.2, -0.15) is 13.2 Å². The van der Waals surface area contributed by atoms with E-state index < -0.39 is 11.7 Å². The van der Waals surface area contributed by atoms with Gasteiger partial charge in [0.1, 0.15) is 5.70 Å². The molecule has 0 spiro atoms. The molecule has 1 amide bonds. The van der Waals surface area contributed by atoms with Crippen LogP contribution in [-0.4, -0.2) is 30.3 Å². The molecule has 1 aromatic carbocycles. The minimum absolute atomic E-state index is 0.268. The van der Waals surface area contributed by atoms with Gasteiger partial charge in [0, 0.05) is 36.2 Å². The molecular formula is C26H33F3N4O2S. The zero-order valence-corrected chi connectivity index (χ0v) is 21.6. The van der Waals surface area contributed by atoms with Crippen molar-refractivity contribution < 1.29 is 22.7 Å². The van der Waals surface area contributed by atoms with E-state index in [9.17, 15) is 18.0 Å². The average Bonchev–Trinajstić information content (AvgIpc) is 3.29. The molecule has 1 atom stereocenters. The molecule has 0 aliphatic rings. The number of thiazole rings is 1. The second kappa shape index (κ2) is 14.5. The highest BCUT2D eigenvalue weighted by Gasteiger charge is 2.30. The monoisotopic (exact) mass is 522 g/mol. The van der Waals surface area contributed by atoms with Crippen molar-refractivity contribution in [3.05, 3.63) is 64.8 Å². The Balaban J connectivity index is 1.93. The number of carbonyl (C=O) groups excluding carboxylic acids is 1. The summed E-state index contributed by atoms with van der Waals surface area (Å²) in [6.45, 7) is 11.2. The summed E-state index contributed by atoms with van der Waals surface area (Å²) in [4.78, 5) is 22.1. The summed E-state index contributed by atoms with van der Waals surface area (Å²) in [5, 5.41) is 6.41. The molecule has 2 aromatic rings. The predicted octanol–water partition coefficient (Wildman–Crippen LogP) is 7.21. The molecule has 0 aliphatic carbocycles. The number of ether oxygens (including phenoxy) is 1. The highest BCUT2D eigenvalue weighted by Crippen LogP contribution is 2.31. The smallest absolute Gasteiger partial charge is 0.381 e. The molecule has 0 fully saturated rings. The number of amides is 1. The molecule has 0 aliphatic heterocycles. The number of nitrogens with zero attached hydrogens (tertiary/aromatic N) is 2. The van der Waals surface area contributed by atoms with Crippen LogP contribution in [-0.2, 0) is 15.7 Å². The quantitative estimate of drug-likeness (QED) is 0.119. The van der Waals surface area contributed by atoms with Gasteiger partial charge in [-0.15, -0.1) is 0 Å². The molecule has 6 nitrogen and oxygen atoms in total. The number of hydrogen-bond donors (Lipinski definition) is 2. The van der Waals surface area contributed by atoms with E-state index in [-0.39, 0.29) is 17.6 Å². The minimum Gasteiger partial charge on any atom is -0.381 e. The van der Waals surface area contributed by atoms with Crippen LogP contribution in [0, 0.1) is 0 Å². The molecule has 1 unspecified atom stereocenters. The molecule has 0 saturated heterocycles. The summed E-state index contributed by atoms with van der Waals surface area (Å²) in [7, 11) is 0. The van der Waals surface area contributed by atoms with Crippen LogP contribution in [0.4, 0.5) is 24.0 Å². The molecule has 1 aromatic heterocycles. The van der Waals surface area contributed by atoms with Crippen molar-refractivity contribution in [1.29, 1.82) is 0 Å². The van der Waals surface area contributed by atoms with Crippen molar-refractivity contribution in [2.75, 3.05) is 18.5 Å². The number of aromatic nitrogens is 1. The van der Waals surface area contributed by atoms with E-state index in [2.05, 4.69) is 34.1 Å². The van der Waals surface area contributed by atoms with E-state index in [1.165, 1.54) is 23.5 Å². The zero-order chi connectivity index (χ0) is 26.6. The Morgan fingerprint density at radius 1 is 1.25 bits per heavy atom. The molecule has 0 saturated carbocycles. The molecule has 0 bridgehead atoms. The Morgan fingerprint density at radius 3 is 2.61 bits per heavy atom. The minimum atomic E-state index is -4.38. The van der Waals surface area contributed by atoms with Crippen LogP contribution in [0.15, 0.2) is 59.4 Å². The van der Waals surface area contributed by atoms with Gasteiger partial charge in [0.05, 0.1) is 11.6 Å². The summed E-state index contributed by atoms with van der Waals surface area (Å²) in [5.74, 6) is -0.335. The third kappa shape index (κ3) is 9.94. The number of benzene rings is 1. The molecular weight excluding hydrogens is 489 g/mol. The maximum atomic E-state index is 12.8. The summed E-state index contributed by atoms with van der Waals surface area (Å²) in [5.41, 5.74) is 0.851. The Kier molecular flexibility index (Phi) is 11.8. The average molecular weight is 523 g/mol. The Hall–Kier alpha value is -2.98. The first-order valence-electron chi connectivity index (χ1n) is 11.8. The second-order valence-electron chi connectivity index (χ2n) is 8.11. The maximum absolute atomic E-state index is 12.8. The number of allylic oxidation sites excluding steroid dienone is 2. The zero-order valence-electron chi connectivity index (χ0n) is 20.8. The summed E-state index contributed by atoms with van der Waals surface area (Å²) >= 11 is 1.30. The van der Waals surface area contributed by atoms with Crippen LogP contribution >= 0.6 is 11.3 Å². The third-order valence-electron chi connectivity index (χ3n) is 4.99. The number of anilines is 2. The Morgan fingerprint density at radius 2 is 1.97 bits per heavy atom. The summed E-state index contributed by atoms with van der Waals surface area (Å²) in [6.07, 6.45) is 4.07. The first kappa shape index (κ1) is 29.3. The normalized spacial score (nSPS) is 13.1. The molecule has 1 heterocycles. The van der Waals surface area contributed by atoms with Crippen LogP contribution in [0.5, 0.6) is 0 Å². The van der Waals surface area contributed by atoms with Gasteiger partial charge in [0.25, 0.3) is 5.91 Å². The van der Waals surface area contributed by atoms with Crippen molar-refractivity contribution in [1.82, 2.24) is 10.3 Å². The van der Waals surface area contributed by atoms with E-state index >= 15 is 0 Å². The van der Waals surface area contributed by atoms with Crippen LogP contribution < -0.4 is 10.6 Å². The molecule has 0 radical (unpaired) electrons. The third-order valence-corrected chi connectivity index (χ3v) is 6.08. The molecule has 36 heavy (non-hydrogen) atoms. The van der Waals surface area contributed by atoms with Crippen molar-refractivity contribution in [3.8, 4) is 0 Å². The first-order valence-corrected chi connectivity index (χ1v) is 12.6. The van der Waals surface area contributed by atoms with E-state index in [1.54, 1.807) is 25.4 Å². The fourth-order valence-electron chi connectivity index (χ4n) is 3.12. The van der Waals surface area contributed by atoms with E-state index in [1.807, 2.05) is 6.92 Å². The van der Waals surface area contributed by atoms with Gasteiger partial charge in [-0.3, -0.25) is 9.79 Å². The van der Waals surface area contributed by atoms with Gasteiger partial charge in [-0.1, -0.05) is 30.4 Å². The van der Waals surface area contributed by atoms with Gasteiger partial charge in [0.2, 0.25) is 0 Å². The Bertz CT molecular complexity index is 1050. The van der Waals surface area contributed by atoms with Crippen LogP contribution in [0.3, 0.4) is 0 Å². The molecule has 196 valence electrons. The maximum Gasteiger partial charge on any atom is 0.416 e. The fraction of sp³-hybridized carbons (Fsp3) is 0.423. The lowest BCUT2D eigenvalue weighted by atomic mass is 10.1. The lowest BCUT2D eigenvalue weighted by Gasteiger charge is -2.12. The molecule has 10 heteroatoms. The summed E-state index contributed by atoms with van der Waals surface area (Å²) in [6, 6.07) is 4.36. The van der Waals surface area contributed by atoms with Crippen LogP contribution in [0.25, 0.3) is 0 Å². The van der Waals surface area contributed by atoms with Crippen molar-refractivity contribution >= 4 is 34.3 Å². The summed E-state index contributed by atoms with van der Waals surface area (Å²) < 4.78 is 43.7. The number of aliphatic imine (C=N–C) groups is 1. The van der Waals surface area contributed by atoms with Gasteiger partial charge < -0.3 is 15.4 Å². The van der Waals surface area contributed by atoms with Crippen molar-refractivity contribution in [2.45, 2.75) is 58.7 Å². The number of rotatable bonds is 14. The van der Waals surface area contributed by atoms with Crippen molar-refractivity contribution in [2.24, 2.45) is 4.99 Å². The number of hydrogen-bond acceptors (Lipinski definition) is 6. The first-order chi connectivity index (χ1) is 17.1. The van der Waals surface area contributed by atoms with E-state index in [4.69, 9.17) is 4.74 Å². The molecule has 2 N–H and O–H groups in total. The van der Waals surface area contributed by atoms with Crippen LogP contribution in [0.2, 0.25) is 0 Å². The topological polar surface area (TPSA) is 75.6 Å². The standard InChI is InChI=1S/C26H33F3N4O2S/c1-5-14-35-15-8-7-9-18(3)16-22(30-6-2)24(34)32-19(4)23-17-31-25(36-23)33-21-12-10-20(11-13-21)26(27,28)29/h6,10-13,16-17,19H,3,5,7-9,14-15H2,1-2,4H3,(H,31,33)(H,32,34)/b22-16-,30-6?. The van der Waals surface area contributed by atoms with Gasteiger partial charge in [-0.25, -0.2) is 4.98 Å². The van der Waals surface area contributed by atoms with Gasteiger partial charge >= 0.3 is 6.18 Å².